The van der Waals surface area contributed by atoms with Crippen LogP contribution in [0, 0.1) is 0 Å². The number of amides is 1. The third-order valence-corrected chi connectivity index (χ3v) is 3.39. The number of nitrogens with zero attached hydrogens (tertiary/aromatic N) is 1. The molecule has 2 rings (SSSR count). The van der Waals surface area contributed by atoms with Crippen LogP contribution in [0.2, 0.25) is 0 Å². The highest BCUT2D eigenvalue weighted by Crippen LogP contribution is 2.29. The van der Waals surface area contributed by atoms with E-state index in [1.807, 2.05) is 29.2 Å². The molecule has 0 heterocycles. The molecule has 0 bridgehead atoms. The molecule has 0 aromatic heterocycles. The van der Waals surface area contributed by atoms with Crippen LogP contribution in [0.15, 0.2) is 28.7 Å². The van der Waals surface area contributed by atoms with E-state index in [0.29, 0.717) is 12.6 Å². The average Bonchev–Trinajstić information content (AvgIpc) is 3.09. The third-order valence-electron chi connectivity index (χ3n) is 2.66. The molecule has 1 saturated carbocycles. The lowest BCUT2D eigenvalue weighted by Gasteiger charge is -2.21. The van der Waals surface area contributed by atoms with E-state index in [4.69, 9.17) is 11.6 Å². The zero-order valence-electron chi connectivity index (χ0n) is 8.83. The number of rotatable bonds is 4. The van der Waals surface area contributed by atoms with E-state index in [1.165, 1.54) is 0 Å². The van der Waals surface area contributed by atoms with Gasteiger partial charge in [0.05, 0.1) is 0 Å². The fourth-order valence-electron chi connectivity index (χ4n) is 1.72. The van der Waals surface area contributed by atoms with Crippen LogP contribution in [0.4, 0.5) is 0 Å². The van der Waals surface area contributed by atoms with E-state index in [-0.39, 0.29) is 11.8 Å². The summed E-state index contributed by atoms with van der Waals surface area (Å²) in [6.45, 7) is 0.662. The first-order valence-corrected chi connectivity index (χ1v) is 6.63. The summed E-state index contributed by atoms with van der Waals surface area (Å²) in [5.41, 5.74) is 1.14. The quantitative estimate of drug-likeness (QED) is 0.782. The number of halogens is 2. The van der Waals surface area contributed by atoms with Crippen molar-refractivity contribution in [2.24, 2.45) is 0 Å². The zero-order chi connectivity index (χ0) is 11.5. The molecule has 0 unspecified atom stereocenters. The number of hydrogen-bond donors (Lipinski definition) is 0. The number of carbonyl (C=O) groups is 1. The molecule has 2 nitrogen and oxygen atoms in total. The predicted molar refractivity (Wildman–Crippen MR) is 68.4 cm³/mol. The molecule has 0 saturated heterocycles. The monoisotopic (exact) mass is 301 g/mol. The first-order valence-electron chi connectivity index (χ1n) is 5.30. The Morgan fingerprint density at radius 3 is 2.81 bits per heavy atom. The highest BCUT2D eigenvalue weighted by atomic mass is 79.9. The van der Waals surface area contributed by atoms with Gasteiger partial charge in [-0.2, -0.15) is 0 Å². The molecule has 16 heavy (non-hydrogen) atoms. The van der Waals surface area contributed by atoms with Crippen molar-refractivity contribution in [3.8, 4) is 0 Å². The van der Waals surface area contributed by atoms with Gasteiger partial charge in [0.1, 0.15) is 5.88 Å². The topological polar surface area (TPSA) is 20.3 Å². The Morgan fingerprint density at radius 2 is 2.25 bits per heavy atom. The molecule has 0 N–H and O–H groups in total. The Morgan fingerprint density at radius 1 is 1.50 bits per heavy atom. The van der Waals surface area contributed by atoms with E-state index < -0.39 is 0 Å². The zero-order valence-corrected chi connectivity index (χ0v) is 11.2. The van der Waals surface area contributed by atoms with Crippen molar-refractivity contribution in [2.45, 2.75) is 25.4 Å². The molecule has 0 radical (unpaired) electrons. The molecule has 1 amide bonds. The van der Waals surface area contributed by atoms with Crippen molar-refractivity contribution >= 4 is 33.4 Å². The highest BCUT2D eigenvalue weighted by molar-refractivity contribution is 9.10. The lowest BCUT2D eigenvalue weighted by molar-refractivity contribution is -0.129. The van der Waals surface area contributed by atoms with Gasteiger partial charge in [0.25, 0.3) is 0 Å². The Labute approximate surface area is 109 Å². The minimum Gasteiger partial charge on any atom is -0.334 e. The second-order valence-corrected chi connectivity index (χ2v) is 5.20. The van der Waals surface area contributed by atoms with E-state index in [9.17, 15) is 4.79 Å². The van der Waals surface area contributed by atoms with Crippen LogP contribution in [-0.4, -0.2) is 22.7 Å². The highest BCUT2D eigenvalue weighted by Gasteiger charge is 2.31. The van der Waals surface area contributed by atoms with Gasteiger partial charge in [0.2, 0.25) is 5.91 Å². The summed E-state index contributed by atoms with van der Waals surface area (Å²) < 4.78 is 1.04. The van der Waals surface area contributed by atoms with Crippen molar-refractivity contribution in [3.05, 3.63) is 34.3 Å². The smallest absolute Gasteiger partial charge is 0.238 e. The minimum atomic E-state index is 0.0316. The van der Waals surface area contributed by atoms with Crippen molar-refractivity contribution in [2.75, 3.05) is 5.88 Å². The second-order valence-electron chi connectivity index (χ2n) is 4.02. The van der Waals surface area contributed by atoms with Gasteiger partial charge in [-0.05, 0) is 30.5 Å². The van der Waals surface area contributed by atoms with Crippen LogP contribution in [-0.2, 0) is 11.3 Å². The van der Waals surface area contributed by atoms with Crippen molar-refractivity contribution in [3.63, 3.8) is 0 Å². The number of benzene rings is 1. The number of alkyl halides is 1. The van der Waals surface area contributed by atoms with E-state index >= 15 is 0 Å². The lowest BCUT2D eigenvalue weighted by Crippen LogP contribution is -2.33. The van der Waals surface area contributed by atoms with Gasteiger partial charge >= 0.3 is 0 Å². The fourth-order valence-corrected chi connectivity index (χ4v) is 2.32. The first-order chi connectivity index (χ1) is 7.70. The van der Waals surface area contributed by atoms with Gasteiger partial charge in [-0.15, -0.1) is 11.6 Å². The molecule has 1 aromatic carbocycles. The maximum Gasteiger partial charge on any atom is 0.238 e. The van der Waals surface area contributed by atoms with Crippen molar-refractivity contribution in [1.82, 2.24) is 4.90 Å². The van der Waals surface area contributed by atoms with E-state index in [1.54, 1.807) is 0 Å². The maximum absolute atomic E-state index is 11.7. The van der Waals surface area contributed by atoms with Gasteiger partial charge in [-0.3, -0.25) is 4.79 Å². The summed E-state index contributed by atoms with van der Waals surface area (Å²) in [4.78, 5) is 13.5. The summed E-state index contributed by atoms with van der Waals surface area (Å²) in [6.07, 6.45) is 2.22. The molecule has 0 aliphatic heterocycles. The standard InChI is InChI=1S/C12H13BrClNO/c13-10-3-1-2-9(6-10)8-15(11-4-5-11)12(16)7-14/h1-3,6,11H,4-5,7-8H2. The summed E-state index contributed by atoms with van der Waals surface area (Å²) in [5, 5.41) is 0. The third kappa shape index (κ3) is 2.98. The SMILES string of the molecule is O=C(CCl)N(Cc1cccc(Br)c1)C1CC1. The normalized spacial score (nSPS) is 14.9. The maximum atomic E-state index is 11.7. The summed E-state index contributed by atoms with van der Waals surface area (Å²) in [7, 11) is 0. The summed E-state index contributed by atoms with van der Waals surface area (Å²) in [5.74, 6) is 0.106. The van der Waals surface area contributed by atoms with Gasteiger partial charge < -0.3 is 4.90 Å². The van der Waals surface area contributed by atoms with Gasteiger partial charge in [0.15, 0.2) is 0 Å². The second kappa shape index (κ2) is 5.19. The molecular formula is C12H13BrClNO. The Balaban J connectivity index is 2.08. The van der Waals surface area contributed by atoms with Crippen LogP contribution in [0.5, 0.6) is 0 Å². The molecule has 1 fully saturated rings. The van der Waals surface area contributed by atoms with Crippen LogP contribution in [0.3, 0.4) is 0 Å². The molecule has 0 atom stereocenters. The van der Waals surface area contributed by atoms with E-state index in [0.717, 1.165) is 22.9 Å². The first kappa shape index (κ1) is 11.9. The largest absolute Gasteiger partial charge is 0.334 e. The van der Waals surface area contributed by atoms with Crippen molar-refractivity contribution < 1.29 is 4.79 Å². The minimum absolute atomic E-state index is 0.0316. The molecule has 86 valence electrons. The Bertz CT molecular complexity index is 392. The lowest BCUT2D eigenvalue weighted by atomic mass is 10.2. The summed E-state index contributed by atoms with van der Waals surface area (Å²) >= 11 is 9.04. The van der Waals surface area contributed by atoms with E-state index in [2.05, 4.69) is 15.9 Å². The molecular weight excluding hydrogens is 289 g/mol. The van der Waals surface area contributed by atoms with Gasteiger partial charge in [0, 0.05) is 17.1 Å². The molecule has 4 heteroatoms. The van der Waals surface area contributed by atoms with Crippen molar-refractivity contribution in [1.29, 1.82) is 0 Å². The van der Waals surface area contributed by atoms with Crippen LogP contribution < -0.4 is 0 Å². The predicted octanol–water partition coefficient (Wildman–Crippen LogP) is 3.18. The molecule has 1 aliphatic carbocycles. The van der Waals surface area contributed by atoms with Gasteiger partial charge in [-0.25, -0.2) is 0 Å². The Kier molecular flexibility index (Phi) is 3.87. The number of carbonyl (C=O) groups excluding carboxylic acids is 1. The summed E-state index contributed by atoms with van der Waals surface area (Å²) in [6, 6.07) is 8.44. The molecule has 0 spiro atoms. The molecule has 1 aromatic rings. The average molecular weight is 303 g/mol. The van der Waals surface area contributed by atoms with Crippen LogP contribution in [0.25, 0.3) is 0 Å². The number of hydrogen-bond acceptors (Lipinski definition) is 1. The molecule has 1 aliphatic rings. The fraction of sp³-hybridized carbons (Fsp3) is 0.417. The van der Waals surface area contributed by atoms with Crippen LogP contribution in [0.1, 0.15) is 18.4 Å². The Hall–Kier alpha value is -0.540. The van der Waals surface area contributed by atoms with Gasteiger partial charge in [-0.1, -0.05) is 28.1 Å². The van der Waals surface area contributed by atoms with Crippen LogP contribution >= 0.6 is 27.5 Å².